The normalized spacial score (nSPS) is 19.8. The maximum Gasteiger partial charge on any atom is 0.227 e. The molecule has 4 rings (SSSR count). The number of hydrogen-bond donors (Lipinski definition) is 2. The van der Waals surface area contributed by atoms with Crippen molar-refractivity contribution in [2.45, 2.75) is 58.6 Å². The zero-order valence-electron chi connectivity index (χ0n) is 18.0. The average Bonchev–Trinajstić information content (AvgIpc) is 3.06. The molecule has 2 N–H and O–H groups in total. The lowest BCUT2D eigenvalue weighted by Gasteiger charge is -2.38. The highest BCUT2D eigenvalue weighted by Gasteiger charge is 2.34. The lowest BCUT2D eigenvalue weighted by Crippen LogP contribution is -2.42. The molecule has 1 atom stereocenters. The van der Waals surface area contributed by atoms with E-state index in [0.29, 0.717) is 11.5 Å². The second-order valence-corrected chi connectivity index (χ2v) is 9.32. The van der Waals surface area contributed by atoms with Gasteiger partial charge < -0.3 is 20.3 Å². The molecule has 1 amide bonds. The van der Waals surface area contributed by atoms with Gasteiger partial charge in [-0.15, -0.1) is 0 Å². The maximum atomic E-state index is 12.1. The van der Waals surface area contributed by atoms with Crippen LogP contribution in [0.4, 0.5) is 11.4 Å². The second-order valence-electron chi connectivity index (χ2n) is 8.91. The van der Waals surface area contributed by atoms with Gasteiger partial charge in [0, 0.05) is 36.3 Å². The smallest absolute Gasteiger partial charge is 0.227 e. The molecule has 158 valence electrons. The van der Waals surface area contributed by atoms with E-state index in [9.17, 15) is 4.79 Å². The van der Waals surface area contributed by atoms with Crippen molar-refractivity contribution in [3.05, 3.63) is 53.1 Å². The van der Waals surface area contributed by atoms with Crippen LogP contribution in [0.2, 0.25) is 0 Å². The van der Waals surface area contributed by atoms with Crippen molar-refractivity contribution in [2.24, 2.45) is 0 Å². The SMILES string of the molecule is Cc1ccc2c(c1)OC(C)(C)C[C@@H]2NC(=S)Nc1ccc(N2CCCC2=O)c(C)c1. The molecule has 0 radical (unpaired) electrons. The fourth-order valence-electron chi connectivity index (χ4n) is 4.35. The van der Waals surface area contributed by atoms with Crippen molar-refractivity contribution in [1.29, 1.82) is 0 Å². The molecule has 2 aromatic rings. The number of hydrogen-bond acceptors (Lipinski definition) is 3. The van der Waals surface area contributed by atoms with E-state index in [1.54, 1.807) is 0 Å². The quantitative estimate of drug-likeness (QED) is 0.679. The Labute approximate surface area is 183 Å². The summed E-state index contributed by atoms with van der Waals surface area (Å²) in [5.74, 6) is 1.12. The number of nitrogens with one attached hydrogen (secondary N) is 2. The molecule has 2 aliphatic heterocycles. The minimum absolute atomic E-state index is 0.0759. The summed E-state index contributed by atoms with van der Waals surface area (Å²) >= 11 is 5.62. The predicted molar refractivity (Wildman–Crippen MR) is 125 cm³/mol. The summed E-state index contributed by atoms with van der Waals surface area (Å²) in [7, 11) is 0. The first kappa shape index (κ1) is 20.7. The molecular formula is C24H29N3O2S. The molecule has 6 heteroatoms. The summed E-state index contributed by atoms with van der Waals surface area (Å²) in [5, 5.41) is 7.35. The number of aryl methyl sites for hydroxylation is 2. The van der Waals surface area contributed by atoms with E-state index in [1.165, 1.54) is 5.56 Å². The van der Waals surface area contributed by atoms with Gasteiger partial charge in [0.15, 0.2) is 5.11 Å². The number of anilines is 2. The third-order valence-electron chi connectivity index (χ3n) is 5.75. The Balaban J connectivity index is 1.47. The molecule has 0 aromatic heterocycles. The van der Waals surface area contributed by atoms with Gasteiger partial charge in [0.2, 0.25) is 5.91 Å². The fraction of sp³-hybridized carbons (Fsp3) is 0.417. The van der Waals surface area contributed by atoms with Crippen LogP contribution < -0.4 is 20.3 Å². The summed E-state index contributed by atoms with van der Waals surface area (Å²) in [4.78, 5) is 13.9. The molecule has 2 heterocycles. The maximum absolute atomic E-state index is 12.1. The van der Waals surface area contributed by atoms with Crippen molar-refractivity contribution in [2.75, 3.05) is 16.8 Å². The van der Waals surface area contributed by atoms with Crippen molar-refractivity contribution in [3.63, 3.8) is 0 Å². The standard InChI is InChI=1S/C24H29N3O2S/c1-15-7-9-18-19(14-24(3,4)29-21(18)12-15)26-23(30)25-17-8-10-20(16(2)13-17)27-11-5-6-22(27)28/h7-10,12-13,19H,5-6,11,14H2,1-4H3,(H2,25,26,30)/t19-/m0/s1. The molecule has 5 nitrogen and oxygen atoms in total. The van der Waals surface area contributed by atoms with Crippen molar-refractivity contribution in [3.8, 4) is 5.75 Å². The van der Waals surface area contributed by atoms with Crippen LogP contribution in [0.15, 0.2) is 36.4 Å². The van der Waals surface area contributed by atoms with Crippen LogP contribution in [0.1, 0.15) is 55.8 Å². The van der Waals surface area contributed by atoms with E-state index in [4.69, 9.17) is 17.0 Å². The lowest BCUT2D eigenvalue weighted by atomic mass is 9.89. The third-order valence-corrected chi connectivity index (χ3v) is 5.97. The van der Waals surface area contributed by atoms with Crippen molar-refractivity contribution < 1.29 is 9.53 Å². The Morgan fingerprint density at radius 1 is 1.20 bits per heavy atom. The number of amides is 1. The van der Waals surface area contributed by atoms with Gasteiger partial charge in [0.1, 0.15) is 11.4 Å². The number of nitrogens with zero attached hydrogens (tertiary/aromatic N) is 1. The minimum Gasteiger partial charge on any atom is -0.487 e. The first-order chi connectivity index (χ1) is 14.2. The Hall–Kier alpha value is -2.60. The van der Waals surface area contributed by atoms with Gasteiger partial charge in [-0.3, -0.25) is 4.79 Å². The summed E-state index contributed by atoms with van der Waals surface area (Å²) in [6.07, 6.45) is 2.38. The summed E-state index contributed by atoms with van der Waals surface area (Å²) in [6, 6.07) is 12.4. The second kappa shape index (κ2) is 7.91. The first-order valence-electron chi connectivity index (χ1n) is 10.5. The number of fused-ring (bicyclic) bond motifs is 1. The molecule has 1 saturated heterocycles. The van der Waals surface area contributed by atoms with Gasteiger partial charge >= 0.3 is 0 Å². The molecular weight excluding hydrogens is 394 g/mol. The van der Waals surface area contributed by atoms with Crippen LogP contribution >= 0.6 is 12.2 Å². The molecule has 30 heavy (non-hydrogen) atoms. The van der Waals surface area contributed by atoms with E-state index in [0.717, 1.165) is 47.6 Å². The summed E-state index contributed by atoms with van der Waals surface area (Å²) < 4.78 is 6.18. The van der Waals surface area contributed by atoms with Gasteiger partial charge in [-0.05, 0) is 81.7 Å². The number of ether oxygens (including phenoxy) is 1. The highest BCUT2D eigenvalue weighted by Crippen LogP contribution is 2.40. The van der Waals surface area contributed by atoms with Crippen LogP contribution in [0.5, 0.6) is 5.75 Å². The molecule has 2 aliphatic rings. The molecule has 0 saturated carbocycles. The van der Waals surface area contributed by atoms with E-state index < -0.39 is 0 Å². The molecule has 0 spiro atoms. The summed E-state index contributed by atoms with van der Waals surface area (Å²) in [6.45, 7) is 9.10. The molecule has 2 aromatic carbocycles. The summed E-state index contributed by atoms with van der Waals surface area (Å²) in [5.41, 5.74) is 5.00. The fourth-order valence-corrected chi connectivity index (χ4v) is 4.61. The van der Waals surface area contributed by atoms with Crippen molar-refractivity contribution >= 4 is 34.6 Å². The highest BCUT2D eigenvalue weighted by molar-refractivity contribution is 7.80. The number of thiocarbonyl (C=S) groups is 1. The monoisotopic (exact) mass is 423 g/mol. The Bertz CT molecular complexity index is 1000. The Morgan fingerprint density at radius 3 is 2.70 bits per heavy atom. The van der Waals surface area contributed by atoms with Crippen LogP contribution in [0.3, 0.4) is 0 Å². The van der Waals surface area contributed by atoms with Gasteiger partial charge in [-0.25, -0.2) is 0 Å². The topological polar surface area (TPSA) is 53.6 Å². The zero-order chi connectivity index (χ0) is 21.5. The van der Waals surface area contributed by atoms with Gasteiger partial charge in [0.05, 0.1) is 6.04 Å². The van der Waals surface area contributed by atoms with E-state index in [2.05, 4.69) is 49.6 Å². The number of carbonyl (C=O) groups excluding carboxylic acids is 1. The van der Waals surface area contributed by atoms with Gasteiger partial charge in [-0.1, -0.05) is 12.1 Å². The highest BCUT2D eigenvalue weighted by atomic mass is 32.1. The van der Waals surface area contributed by atoms with Crippen LogP contribution in [-0.4, -0.2) is 23.2 Å². The minimum atomic E-state index is -0.269. The third kappa shape index (κ3) is 4.29. The average molecular weight is 424 g/mol. The van der Waals surface area contributed by atoms with Crippen molar-refractivity contribution in [1.82, 2.24) is 5.32 Å². The van der Waals surface area contributed by atoms with E-state index in [-0.39, 0.29) is 17.6 Å². The zero-order valence-corrected chi connectivity index (χ0v) is 18.9. The van der Waals surface area contributed by atoms with Crippen LogP contribution in [-0.2, 0) is 4.79 Å². The van der Waals surface area contributed by atoms with Gasteiger partial charge in [-0.2, -0.15) is 0 Å². The molecule has 0 aliphatic carbocycles. The predicted octanol–water partition coefficient (Wildman–Crippen LogP) is 5.02. The largest absolute Gasteiger partial charge is 0.487 e. The molecule has 0 bridgehead atoms. The van der Waals surface area contributed by atoms with E-state index in [1.807, 2.05) is 30.0 Å². The Morgan fingerprint density at radius 2 is 2.00 bits per heavy atom. The lowest BCUT2D eigenvalue weighted by molar-refractivity contribution is -0.117. The Kier molecular flexibility index (Phi) is 5.45. The molecule has 1 fully saturated rings. The van der Waals surface area contributed by atoms with Crippen LogP contribution in [0.25, 0.3) is 0 Å². The molecule has 0 unspecified atom stereocenters. The van der Waals surface area contributed by atoms with Gasteiger partial charge in [0.25, 0.3) is 0 Å². The van der Waals surface area contributed by atoms with Crippen LogP contribution in [0, 0.1) is 13.8 Å². The van der Waals surface area contributed by atoms with E-state index >= 15 is 0 Å². The number of carbonyl (C=O) groups is 1. The number of benzene rings is 2. The number of rotatable bonds is 3. The first-order valence-corrected chi connectivity index (χ1v) is 10.9.